The lowest BCUT2D eigenvalue weighted by Crippen LogP contribution is -2.48. The Morgan fingerprint density at radius 2 is 1.69 bits per heavy atom. The average molecular weight is 412 g/mol. The van der Waals surface area contributed by atoms with Crippen LogP contribution in [0, 0.1) is 13.8 Å². The van der Waals surface area contributed by atoms with E-state index < -0.39 is 0 Å². The van der Waals surface area contributed by atoms with Gasteiger partial charge in [0.05, 0.1) is 0 Å². The number of piperazine rings is 1. The minimum atomic E-state index is -0.0697. The van der Waals surface area contributed by atoms with Crippen molar-refractivity contribution in [3.63, 3.8) is 0 Å². The van der Waals surface area contributed by atoms with E-state index in [0.717, 1.165) is 38.4 Å². The monoisotopic (exact) mass is 411 g/mol. The third kappa shape index (κ3) is 6.44. The zero-order valence-corrected chi connectivity index (χ0v) is 17.9. The van der Waals surface area contributed by atoms with Crippen LogP contribution in [0.4, 0.5) is 11.4 Å². The first-order chi connectivity index (χ1) is 14.0. The van der Waals surface area contributed by atoms with E-state index in [2.05, 4.69) is 64.1 Å². The number of para-hydroxylation sites is 1. The van der Waals surface area contributed by atoms with E-state index in [9.17, 15) is 4.79 Å². The molecule has 29 heavy (non-hydrogen) atoms. The van der Waals surface area contributed by atoms with Crippen molar-refractivity contribution < 1.29 is 4.79 Å². The molecular weight excluding hydrogens is 382 g/mol. The molecule has 0 radical (unpaired) electrons. The fourth-order valence-electron chi connectivity index (χ4n) is 3.30. The minimum Gasteiger partial charge on any atom is -0.369 e. The van der Waals surface area contributed by atoms with Gasteiger partial charge in [0, 0.05) is 50.5 Å². The Hall–Kier alpha value is -2.64. The first-order valence-electron chi connectivity index (χ1n) is 9.97. The van der Waals surface area contributed by atoms with Crippen LogP contribution < -0.4 is 21.1 Å². The lowest BCUT2D eigenvalue weighted by Gasteiger charge is -2.36. The second-order valence-corrected chi connectivity index (χ2v) is 7.75. The number of benzene rings is 2. The van der Waals surface area contributed by atoms with Crippen molar-refractivity contribution >= 4 is 34.6 Å². The maximum Gasteiger partial charge on any atom is 0.239 e. The predicted molar refractivity (Wildman–Crippen MR) is 123 cm³/mol. The molecule has 1 amide bonds. The highest BCUT2D eigenvalue weighted by Crippen LogP contribution is 2.16. The summed E-state index contributed by atoms with van der Waals surface area (Å²) in [6.07, 6.45) is 0.435. The van der Waals surface area contributed by atoms with Crippen LogP contribution in [0.15, 0.2) is 48.5 Å². The van der Waals surface area contributed by atoms with E-state index >= 15 is 0 Å². The number of amides is 1. The van der Waals surface area contributed by atoms with Crippen molar-refractivity contribution in [2.24, 2.45) is 0 Å². The molecule has 6 nitrogen and oxygen atoms in total. The first kappa shape index (κ1) is 21.1. The van der Waals surface area contributed by atoms with Crippen molar-refractivity contribution in [3.05, 3.63) is 59.7 Å². The number of thiocarbonyl (C=S) groups is 1. The quantitative estimate of drug-likeness (QED) is 0.520. The topological polar surface area (TPSA) is 59.6 Å². The minimum absolute atomic E-state index is 0.0697. The molecule has 1 aliphatic rings. The summed E-state index contributed by atoms with van der Waals surface area (Å²) >= 11 is 5.25. The fourth-order valence-corrected chi connectivity index (χ4v) is 3.47. The molecular formula is C22H29N5OS. The molecule has 1 saturated heterocycles. The molecule has 3 N–H and O–H groups in total. The fraction of sp³-hybridized carbons (Fsp3) is 0.364. The van der Waals surface area contributed by atoms with Crippen LogP contribution in [0.2, 0.25) is 0 Å². The van der Waals surface area contributed by atoms with Gasteiger partial charge in [0.25, 0.3) is 0 Å². The van der Waals surface area contributed by atoms with Crippen molar-refractivity contribution in [1.82, 2.24) is 15.8 Å². The number of hydrogen-bond acceptors (Lipinski definition) is 4. The van der Waals surface area contributed by atoms with Gasteiger partial charge in [-0.1, -0.05) is 24.3 Å². The van der Waals surface area contributed by atoms with Gasteiger partial charge in [-0.3, -0.25) is 20.5 Å². The Bertz CT molecular complexity index is 834. The number of hydrogen-bond donors (Lipinski definition) is 3. The maximum atomic E-state index is 12.1. The molecule has 0 unspecified atom stereocenters. The van der Waals surface area contributed by atoms with Gasteiger partial charge in [0.2, 0.25) is 5.91 Å². The van der Waals surface area contributed by atoms with Gasteiger partial charge in [-0.15, -0.1) is 0 Å². The summed E-state index contributed by atoms with van der Waals surface area (Å²) in [5.74, 6) is -0.0697. The Balaban J connectivity index is 1.33. The number of nitrogens with one attached hydrogen (secondary N) is 3. The van der Waals surface area contributed by atoms with Gasteiger partial charge >= 0.3 is 0 Å². The Kier molecular flexibility index (Phi) is 7.43. The molecule has 1 fully saturated rings. The third-order valence-corrected chi connectivity index (χ3v) is 5.43. The number of carbonyl (C=O) groups is 1. The van der Waals surface area contributed by atoms with Crippen LogP contribution in [0.25, 0.3) is 0 Å². The molecule has 0 atom stereocenters. The third-order valence-electron chi connectivity index (χ3n) is 5.23. The summed E-state index contributed by atoms with van der Waals surface area (Å²) in [6, 6.07) is 16.5. The molecule has 154 valence electrons. The molecule has 2 aromatic rings. The van der Waals surface area contributed by atoms with Crippen LogP contribution >= 0.6 is 12.2 Å². The first-order valence-corrected chi connectivity index (χ1v) is 10.4. The van der Waals surface area contributed by atoms with Crippen LogP contribution in [0.3, 0.4) is 0 Å². The standard InChI is InChI=1S/C22H29N5OS/c1-17-8-9-19(16-18(17)2)23-22(29)25-24-21(28)10-11-26-12-14-27(15-13-26)20-6-4-3-5-7-20/h3-9,16H,10-15H2,1-2H3,(H,24,28)(H2,23,25,29). The number of hydrazine groups is 1. The largest absolute Gasteiger partial charge is 0.369 e. The highest BCUT2D eigenvalue weighted by atomic mass is 32.1. The van der Waals surface area contributed by atoms with Gasteiger partial charge in [-0.05, 0) is 61.5 Å². The van der Waals surface area contributed by atoms with Crippen molar-refractivity contribution in [1.29, 1.82) is 0 Å². The van der Waals surface area contributed by atoms with Gasteiger partial charge in [-0.25, -0.2) is 0 Å². The average Bonchev–Trinajstić information content (AvgIpc) is 2.74. The molecule has 7 heteroatoms. The Labute approximate surface area is 178 Å². The molecule has 1 aliphatic heterocycles. The summed E-state index contributed by atoms with van der Waals surface area (Å²) < 4.78 is 0. The van der Waals surface area contributed by atoms with Gasteiger partial charge < -0.3 is 10.2 Å². The normalized spacial score (nSPS) is 14.3. The van der Waals surface area contributed by atoms with E-state index in [1.54, 1.807) is 0 Å². The second-order valence-electron chi connectivity index (χ2n) is 7.34. The van der Waals surface area contributed by atoms with Crippen molar-refractivity contribution in [2.45, 2.75) is 20.3 Å². The highest BCUT2D eigenvalue weighted by Gasteiger charge is 2.17. The van der Waals surface area contributed by atoms with Gasteiger partial charge in [-0.2, -0.15) is 0 Å². The molecule has 1 heterocycles. The smallest absolute Gasteiger partial charge is 0.239 e. The van der Waals surface area contributed by atoms with E-state index in [-0.39, 0.29) is 5.91 Å². The number of aryl methyl sites for hydroxylation is 2. The van der Waals surface area contributed by atoms with Gasteiger partial charge in [0.15, 0.2) is 5.11 Å². The van der Waals surface area contributed by atoms with E-state index in [1.165, 1.54) is 16.8 Å². The Morgan fingerprint density at radius 3 is 2.38 bits per heavy atom. The molecule has 3 rings (SSSR count). The lowest BCUT2D eigenvalue weighted by atomic mass is 10.1. The van der Waals surface area contributed by atoms with Crippen LogP contribution in [0.1, 0.15) is 17.5 Å². The summed E-state index contributed by atoms with van der Waals surface area (Å²) in [5.41, 5.74) is 10.0. The molecule has 0 aliphatic carbocycles. The Morgan fingerprint density at radius 1 is 0.966 bits per heavy atom. The molecule has 2 aromatic carbocycles. The van der Waals surface area contributed by atoms with E-state index in [1.807, 2.05) is 24.3 Å². The van der Waals surface area contributed by atoms with Crippen molar-refractivity contribution in [2.75, 3.05) is 42.9 Å². The van der Waals surface area contributed by atoms with Gasteiger partial charge in [0.1, 0.15) is 0 Å². The van der Waals surface area contributed by atoms with Crippen molar-refractivity contribution in [3.8, 4) is 0 Å². The maximum absolute atomic E-state index is 12.1. The number of rotatable bonds is 5. The summed E-state index contributed by atoms with van der Waals surface area (Å²) in [5, 5.41) is 3.45. The SMILES string of the molecule is Cc1ccc(NC(=S)NNC(=O)CCN2CCN(c3ccccc3)CC2)cc1C. The second kappa shape index (κ2) is 10.2. The van der Waals surface area contributed by atoms with Crippen LogP contribution in [-0.2, 0) is 4.79 Å². The molecule has 0 bridgehead atoms. The zero-order chi connectivity index (χ0) is 20.6. The number of anilines is 2. The van der Waals surface area contributed by atoms with E-state index in [4.69, 9.17) is 12.2 Å². The summed E-state index contributed by atoms with van der Waals surface area (Å²) in [4.78, 5) is 16.8. The highest BCUT2D eigenvalue weighted by molar-refractivity contribution is 7.80. The van der Waals surface area contributed by atoms with Crippen LogP contribution in [-0.4, -0.2) is 48.6 Å². The summed E-state index contributed by atoms with van der Waals surface area (Å²) in [7, 11) is 0. The molecule has 0 aromatic heterocycles. The van der Waals surface area contributed by atoms with E-state index in [0.29, 0.717) is 11.5 Å². The van der Waals surface area contributed by atoms with Crippen LogP contribution in [0.5, 0.6) is 0 Å². The lowest BCUT2D eigenvalue weighted by molar-refractivity contribution is -0.122. The molecule has 0 spiro atoms. The zero-order valence-electron chi connectivity index (χ0n) is 17.1. The number of nitrogens with zero attached hydrogens (tertiary/aromatic N) is 2. The summed E-state index contributed by atoms with van der Waals surface area (Å²) in [6.45, 7) is 8.75. The predicted octanol–water partition coefficient (Wildman–Crippen LogP) is 2.83. The number of carbonyl (C=O) groups excluding carboxylic acids is 1. The molecule has 0 saturated carbocycles.